The summed E-state index contributed by atoms with van der Waals surface area (Å²) in [5.41, 5.74) is 8.69. The third kappa shape index (κ3) is 4.04. The van der Waals surface area contributed by atoms with E-state index in [-0.39, 0.29) is 18.1 Å². The number of benzene rings is 1. The fourth-order valence-electron chi connectivity index (χ4n) is 3.44. The fourth-order valence-corrected chi connectivity index (χ4v) is 3.44. The van der Waals surface area contributed by atoms with E-state index in [9.17, 15) is 4.79 Å². The lowest BCUT2D eigenvalue weighted by molar-refractivity contribution is 0.000733. The van der Waals surface area contributed by atoms with E-state index < -0.39 is 0 Å². The molecule has 3 N–H and O–H groups in total. The average Bonchev–Trinajstić information content (AvgIpc) is 3.10. The summed E-state index contributed by atoms with van der Waals surface area (Å²) in [6, 6.07) is 13.8. The van der Waals surface area contributed by atoms with Crippen molar-refractivity contribution in [1.82, 2.24) is 20.1 Å². The van der Waals surface area contributed by atoms with Crippen LogP contribution in [-0.4, -0.2) is 33.3 Å². The number of rotatable bonds is 5. The van der Waals surface area contributed by atoms with Crippen LogP contribution in [0.15, 0.2) is 61.1 Å². The maximum atomic E-state index is 12.7. The Morgan fingerprint density at radius 3 is 2.86 bits per heavy atom. The molecule has 1 aliphatic rings. The molecule has 2 atom stereocenters. The zero-order chi connectivity index (χ0) is 19.3. The molecular weight excluding hydrogens is 354 g/mol. The van der Waals surface area contributed by atoms with Gasteiger partial charge in [-0.25, -0.2) is 4.68 Å². The zero-order valence-corrected chi connectivity index (χ0v) is 15.5. The predicted molar refractivity (Wildman–Crippen MR) is 106 cm³/mol. The third-order valence-electron chi connectivity index (χ3n) is 4.98. The lowest BCUT2D eigenvalue weighted by Crippen LogP contribution is -2.40. The molecule has 0 aliphatic carbocycles. The molecule has 1 amide bonds. The summed E-state index contributed by atoms with van der Waals surface area (Å²) in [6.07, 6.45) is 6.48. The van der Waals surface area contributed by atoms with Gasteiger partial charge in [0.1, 0.15) is 11.4 Å². The van der Waals surface area contributed by atoms with E-state index in [0.29, 0.717) is 31.0 Å². The molecule has 4 rings (SSSR count). The topological polar surface area (TPSA) is 95.1 Å². The summed E-state index contributed by atoms with van der Waals surface area (Å²) in [4.78, 5) is 16.9. The molecule has 144 valence electrons. The number of hydrogen-bond donors (Lipinski definition) is 2. The average molecular weight is 377 g/mol. The molecule has 28 heavy (non-hydrogen) atoms. The normalized spacial score (nSPS) is 19.3. The Morgan fingerprint density at radius 2 is 2.07 bits per heavy atom. The van der Waals surface area contributed by atoms with Crippen LogP contribution in [0.2, 0.25) is 0 Å². The molecule has 0 spiro atoms. The molecule has 0 radical (unpaired) electrons. The number of nitrogens with one attached hydrogen (secondary N) is 1. The van der Waals surface area contributed by atoms with Gasteiger partial charge in [-0.15, -0.1) is 0 Å². The van der Waals surface area contributed by atoms with Gasteiger partial charge in [-0.1, -0.05) is 36.4 Å². The van der Waals surface area contributed by atoms with Crippen molar-refractivity contribution in [2.24, 2.45) is 0 Å². The van der Waals surface area contributed by atoms with Crippen molar-refractivity contribution in [3.05, 3.63) is 77.7 Å². The van der Waals surface area contributed by atoms with E-state index in [2.05, 4.69) is 15.4 Å². The largest absolute Gasteiger partial charge is 0.383 e. The standard InChI is InChI=1S/C21H23N5O2/c22-20-18(13-24-26(20)14-15-5-2-1-3-6-15)21(27)25-17-8-10-28-19(11-17)16-7-4-9-23-12-16/h1-7,9,12-13,17,19H,8,10-11,14,22H2,(H,25,27)/t17-,19-/m1/s1. The maximum Gasteiger partial charge on any atom is 0.256 e. The van der Waals surface area contributed by atoms with Gasteiger partial charge in [0, 0.05) is 25.0 Å². The maximum absolute atomic E-state index is 12.7. The number of carbonyl (C=O) groups is 1. The van der Waals surface area contributed by atoms with Crippen LogP contribution in [0, 0.1) is 0 Å². The SMILES string of the molecule is Nc1c(C(=O)N[C@@H]2CCO[C@@H](c3cccnc3)C2)cnn1Cc1ccccc1. The number of anilines is 1. The summed E-state index contributed by atoms with van der Waals surface area (Å²) >= 11 is 0. The highest BCUT2D eigenvalue weighted by atomic mass is 16.5. The van der Waals surface area contributed by atoms with Crippen molar-refractivity contribution in [2.45, 2.75) is 31.5 Å². The van der Waals surface area contributed by atoms with Crippen LogP contribution in [0.5, 0.6) is 0 Å². The smallest absolute Gasteiger partial charge is 0.256 e. The monoisotopic (exact) mass is 377 g/mol. The molecule has 1 fully saturated rings. The molecule has 0 bridgehead atoms. The Morgan fingerprint density at radius 1 is 1.21 bits per heavy atom. The molecule has 1 aliphatic heterocycles. The lowest BCUT2D eigenvalue weighted by atomic mass is 9.98. The van der Waals surface area contributed by atoms with Crippen molar-refractivity contribution in [1.29, 1.82) is 0 Å². The quantitative estimate of drug-likeness (QED) is 0.712. The van der Waals surface area contributed by atoms with Crippen LogP contribution < -0.4 is 11.1 Å². The summed E-state index contributed by atoms with van der Waals surface area (Å²) in [5.74, 6) is 0.172. The second kappa shape index (κ2) is 8.22. The number of carbonyl (C=O) groups excluding carboxylic acids is 1. The minimum absolute atomic E-state index is 0.0170. The van der Waals surface area contributed by atoms with Crippen LogP contribution in [0.1, 0.15) is 40.4 Å². The van der Waals surface area contributed by atoms with Crippen molar-refractivity contribution in [3.8, 4) is 0 Å². The van der Waals surface area contributed by atoms with E-state index in [0.717, 1.165) is 17.5 Å². The van der Waals surface area contributed by atoms with E-state index in [1.807, 2.05) is 42.5 Å². The van der Waals surface area contributed by atoms with Gasteiger partial charge in [-0.3, -0.25) is 9.78 Å². The molecule has 2 aromatic heterocycles. The second-order valence-electron chi connectivity index (χ2n) is 6.93. The highest BCUT2D eigenvalue weighted by Gasteiger charge is 2.26. The summed E-state index contributed by atoms with van der Waals surface area (Å²) in [5, 5.41) is 7.37. The van der Waals surface area contributed by atoms with E-state index in [1.54, 1.807) is 17.1 Å². The number of amides is 1. The summed E-state index contributed by atoms with van der Waals surface area (Å²) in [7, 11) is 0. The van der Waals surface area contributed by atoms with Gasteiger partial charge in [0.2, 0.25) is 0 Å². The van der Waals surface area contributed by atoms with Gasteiger partial charge in [0.15, 0.2) is 0 Å². The van der Waals surface area contributed by atoms with E-state index >= 15 is 0 Å². The molecule has 3 heterocycles. The number of nitrogens with two attached hydrogens (primary N) is 1. The van der Waals surface area contributed by atoms with Crippen molar-refractivity contribution in [2.75, 3.05) is 12.3 Å². The van der Waals surface area contributed by atoms with Crippen LogP contribution in [0.3, 0.4) is 0 Å². The highest BCUT2D eigenvalue weighted by molar-refractivity contribution is 5.98. The Labute approximate surface area is 163 Å². The molecule has 1 aromatic carbocycles. The minimum atomic E-state index is -0.200. The predicted octanol–water partition coefficient (Wildman–Crippen LogP) is 2.56. The van der Waals surface area contributed by atoms with Crippen molar-refractivity contribution in [3.63, 3.8) is 0 Å². The number of aromatic nitrogens is 3. The lowest BCUT2D eigenvalue weighted by Gasteiger charge is -2.30. The Bertz CT molecular complexity index is 926. The third-order valence-corrected chi connectivity index (χ3v) is 4.98. The first kappa shape index (κ1) is 18.2. The van der Waals surface area contributed by atoms with Gasteiger partial charge in [0.25, 0.3) is 5.91 Å². The number of nitrogen functional groups attached to an aromatic ring is 1. The molecule has 0 unspecified atom stereocenters. The minimum Gasteiger partial charge on any atom is -0.383 e. The number of nitrogens with zero attached hydrogens (tertiary/aromatic N) is 3. The molecule has 0 saturated carbocycles. The van der Waals surface area contributed by atoms with E-state index in [1.165, 1.54) is 6.20 Å². The van der Waals surface area contributed by atoms with Crippen LogP contribution >= 0.6 is 0 Å². The number of pyridine rings is 1. The van der Waals surface area contributed by atoms with Gasteiger partial charge >= 0.3 is 0 Å². The fraction of sp³-hybridized carbons (Fsp3) is 0.286. The first-order chi connectivity index (χ1) is 13.7. The number of hydrogen-bond acceptors (Lipinski definition) is 5. The second-order valence-corrected chi connectivity index (χ2v) is 6.93. The molecule has 7 nitrogen and oxygen atoms in total. The highest BCUT2D eigenvalue weighted by Crippen LogP contribution is 2.27. The molecule has 7 heteroatoms. The molecule has 1 saturated heterocycles. The first-order valence-electron chi connectivity index (χ1n) is 9.38. The molecular formula is C21H23N5O2. The summed E-state index contributed by atoms with van der Waals surface area (Å²) in [6.45, 7) is 1.12. The van der Waals surface area contributed by atoms with E-state index in [4.69, 9.17) is 10.5 Å². The molecule has 3 aromatic rings. The Kier molecular flexibility index (Phi) is 5.34. The summed E-state index contributed by atoms with van der Waals surface area (Å²) < 4.78 is 7.49. The Hall–Kier alpha value is -3.19. The van der Waals surface area contributed by atoms with Crippen LogP contribution in [-0.2, 0) is 11.3 Å². The van der Waals surface area contributed by atoms with Gasteiger partial charge < -0.3 is 15.8 Å². The van der Waals surface area contributed by atoms with Gasteiger partial charge in [-0.2, -0.15) is 5.10 Å². The zero-order valence-electron chi connectivity index (χ0n) is 15.5. The first-order valence-corrected chi connectivity index (χ1v) is 9.38. The number of ether oxygens (including phenoxy) is 1. The van der Waals surface area contributed by atoms with Crippen LogP contribution in [0.25, 0.3) is 0 Å². The van der Waals surface area contributed by atoms with Gasteiger partial charge in [0.05, 0.1) is 18.8 Å². The van der Waals surface area contributed by atoms with Gasteiger partial charge in [-0.05, 0) is 30.0 Å². The van der Waals surface area contributed by atoms with Crippen molar-refractivity contribution < 1.29 is 9.53 Å². The Balaban J connectivity index is 1.41. The van der Waals surface area contributed by atoms with Crippen LogP contribution in [0.4, 0.5) is 5.82 Å². The van der Waals surface area contributed by atoms with Crippen molar-refractivity contribution >= 4 is 11.7 Å².